The first-order chi connectivity index (χ1) is 13.0. The van der Waals surface area contributed by atoms with Crippen molar-refractivity contribution in [1.82, 2.24) is 4.90 Å². The molecule has 0 aromatic heterocycles. The topological polar surface area (TPSA) is 63.7 Å². The largest absolute Gasteiger partial charge is 0.383 e. The highest BCUT2D eigenvalue weighted by Gasteiger charge is 2.34. The average molecular weight is 388 g/mol. The molecule has 1 saturated heterocycles. The van der Waals surface area contributed by atoms with Gasteiger partial charge in [0.25, 0.3) is 0 Å². The molecule has 144 valence electrons. The number of hydrogen-bond donors (Lipinski definition) is 0. The third kappa shape index (κ3) is 5.17. The maximum atomic E-state index is 12.8. The molecule has 6 heteroatoms. The van der Waals surface area contributed by atoms with E-state index in [4.69, 9.17) is 4.74 Å². The second kappa shape index (κ2) is 8.67. The molecule has 0 bridgehead atoms. The highest BCUT2D eigenvalue weighted by Crippen LogP contribution is 2.21. The van der Waals surface area contributed by atoms with E-state index in [9.17, 15) is 13.2 Å². The maximum absolute atomic E-state index is 12.8. The molecule has 1 unspecified atom stereocenters. The van der Waals surface area contributed by atoms with Gasteiger partial charge in [0.1, 0.15) is 0 Å². The Morgan fingerprint density at radius 1 is 1.07 bits per heavy atom. The van der Waals surface area contributed by atoms with E-state index in [1.54, 1.807) is 12.0 Å². The Morgan fingerprint density at radius 3 is 2.33 bits per heavy atom. The summed E-state index contributed by atoms with van der Waals surface area (Å²) in [7, 11) is -1.46. The number of hydrogen-bond acceptors (Lipinski definition) is 4. The van der Waals surface area contributed by atoms with Gasteiger partial charge in [0.2, 0.25) is 5.91 Å². The van der Waals surface area contributed by atoms with Crippen molar-refractivity contribution in [2.45, 2.75) is 18.9 Å². The fourth-order valence-electron chi connectivity index (χ4n) is 3.44. The number of carbonyl (C=O) groups is 1. The molecule has 27 heavy (non-hydrogen) atoms. The van der Waals surface area contributed by atoms with Crippen molar-refractivity contribution in [2.75, 3.05) is 31.8 Å². The molecular formula is C21H25NO4S. The summed E-state index contributed by atoms with van der Waals surface area (Å²) in [4.78, 5) is 14.5. The highest BCUT2D eigenvalue weighted by atomic mass is 32.2. The van der Waals surface area contributed by atoms with Crippen LogP contribution in [0.25, 0.3) is 11.1 Å². The number of rotatable bonds is 7. The van der Waals surface area contributed by atoms with E-state index in [1.807, 2.05) is 54.6 Å². The van der Waals surface area contributed by atoms with Gasteiger partial charge in [-0.2, -0.15) is 0 Å². The van der Waals surface area contributed by atoms with E-state index in [0.29, 0.717) is 19.6 Å². The normalized spacial score (nSPS) is 18.3. The zero-order valence-corrected chi connectivity index (χ0v) is 16.3. The Labute approximate surface area is 160 Å². The van der Waals surface area contributed by atoms with E-state index in [2.05, 4.69) is 0 Å². The van der Waals surface area contributed by atoms with Crippen LogP contribution in [0.1, 0.15) is 12.0 Å². The van der Waals surface area contributed by atoms with Crippen LogP contribution in [-0.4, -0.2) is 57.0 Å². The molecule has 0 aliphatic carbocycles. The molecule has 0 spiro atoms. The molecule has 1 fully saturated rings. The summed E-state index contributed by atoms with van der Waals surface area (Å²) in [6.45, 7) is 0.812. The lowest BCUT2D eigenvalue weighted by Gasteiger charge is -2.28. The number of nitrogens with zero attached hydrogens (tertiary/aromatic N) is 1. The molecular weight excluding hydrogens is 362 g/mol. The third-order valence-electron chi connectivity index (χ3n) is 4.92. The molecule has 1 aliphatic rings. The first kappa shape index (κ1) is 19.6. The van der Waals surface area contributed by atoms with Gasteiger partial charge < -0.3 is 9.64 Å². The van der Waals surface area contributed by atoms with E-state index in [-0.39, 0.29) is 29.9 Å². The first-order valence-corrected chi connectivity index (χ1v) is 10.9. The van der Waals surface area contributed by atoms with Crippen LogP contribution in [0.2, 0.25) is 0 Å². The van der Waals surface area contributed by atoms with E-state index < -0.39 is 9.84 Å². The fraction of sp³-hybridized carbons (Fsp3) is 0.381. The van der Waals surface area contributed by atoms with Crippen LogP contribution in [0.5, 0.6) is 0 Å². The van der Waals surface area contributed by atoms with Gasteiger partial charge in [0.15, 0.2) is 9.84 Å². The zero-order chi connectivity index (χ0) is 19.3. The van der Waals surface area contributed by atoms with Crippen molar-refractivity contribution in [2.24, 2.45) is 0 Å². The van der Waals surface area contributed by atoms with E-state index in [0.717, 1.165) is 16.7 Å². The number of benzene rings is 2. The van der Waals surface area contributed by atoms with Crippen LogP contribution in [-0.2, 0) is 25.8 Å². The standard InChI is InChI=1S/C21H25NO4S/c1-26-13-12-22(20-11-14-27(24,25)16-20)21(23)15-17-7-9-19(10-8-17)18-5-3-2-4-6-18/h2-10,20H,11-16H2,1H3. The summed E-state index contributed by atoms with van der Waals surface area (Å²) < 4.78 is 28.7. The summed E-state index contributed by atoms with van der Waals surface area (Å²) in [5.74, 6) is 0.150. The van der Waals surface area contributed by atoms with E-state index in [1.165, 1.54) is 0 Å². The van der Waals surface area contributed by atoms with Gasteiger partial charge in [-0.25, -0.2) is 8.42 Å². The SMILES string of the molecule is COCCN(C(=O)Cc1ccc(-c2ccccc2)cc1)C1CCS(=O)(=O)C1. The van der Waals surface area contributed by atoms with E-state index >= 15 is 0 Å². The summed E-state index contributed by atoms with van der Waals surface area (Å²) in [5, 5.41) is 0. The second-order valence-corrected chi connectivity index (χ2v) is 9.11. The molecule has 1 atom stereocenters. The molecule has 0 N–H and O–H groups in total. The number of ether oxygens (including phenoxy) is 1. The lowest BCUT2D eigenvalue weighted by Crippen LogP contribution is -2.43. The minimum absolute atomic E-state index is 0.0510. The average Bonchev–Trinajstić information content (AvgIpc) is 3.03. The van der Waals surface area contributed by atoms with Crippen LogP contribution in [0, 0.1) is 0 Å². The molecule has 1 heterocycles. The summed E-state index contributed by atoms with van der Waals surface area (Å²) in [6, 6.07) is 17.8. The second-order valence-electron chi connectivity index (χ2n) is 6.88. The quantitative estimate of drug-likeness (QED) is 0.732. The van der Waals surface area contributed by atoms with Gasteiger partial charge in [-0.3, -0.25) is 4.79 Å². The molecule has 1 aliphatic heterocycles. The summed E-state index contributed by atoms with van der Waals surface area (Å²) >= 11 is 0. The van der Waals surface area contributed by atoms with Crippen LogP contribution in [0.3, 0.4) is 0 Å². The fourth-order valence-corrected chi connectivity index (χ4v) is 5.17. The van der Waals surface area contributed by atoms with Gasteiger partial charge in [0.05, 0.1) is 24.5 Å². The number of carbonyl (C=O) groups excluding carboxylic acids is 1. The third-order valence-corrected chi connectivity index (χ3v) is 6.67. The van der Waals surface area contributed by atoms with Crippen molar-refractivity contribution in [3.8, 4) is 11.1 Å². The Bertz CT molecular complexity index is 863. The van der Waals surface area contributed by atoms with Gasteiger partial charge >= 0.3 is 0 Å². The van der Waals surface area contributed by atoms with Gasteiger partial charge in [-0.1, -0.05) is 54.6 Å². The van der Waals surface area contributed by atoms with Crippen LogP contribution < -0.4 is 0 Å². The Balaban J connectivity index is 1.69. The zero-order valence-electron chi connectivity index (χ0n) is 15.5. The van der Waals surface area contributed by atoms with Gasteiger partial charge in [-0.05, 0) is 23.1 Å². The van der Waals surface area contributed by atoms with Crippen LogP contribution in [0.4, 0.5) is 0 Å². The van der Waals surface area contributed by atoms with Crippen molar-refractivity contribution >= 4 is 15.7 Å². The van der Waals surface area contributed by atoms with Crippen molar-refractivity contribution in [1.29, 1.82) is 0 Å². The van der Waals surface area contributed by atoms with Gasteiger partial charge in [0, 0.05) is 19.7 Å². The predicted octanol–water partition coefficient (Wildman–Crippen LogP) is 2.56. The van der Waals surface area contributed by atoms with Crippen LogP contribution >= 0.6 is 0 Å². The maximum Gasteiger partial charge on any atom is 0.227 e. The first-order valence-electron chi connectivity index (χ1n) is 9.12. The Kier molecular flexibility index (Phi) is 6.29. The smallest absolute Gasteiger partial charge is 0.227 e. The Morgan fingerprint density at radius 2 is 1.74 bits per heavy atom. The van der Waals surface area contributed by atoms with Crippen LogP contribution in [0.15, 0.2) is 54.6 Å². The van der Waals surface area contributed by atoms with Crippen molar-refractivity contribution in [3.05, 3.63) is 60.2 Å². The van der Waals surface area contributed by atoms with Crippen molar-refractivity contribution in [3.63, 3.8) is 0 Å². The number of amides is 1. The number of methoxy groups -OCH3 is 1. The summed E-state index contributed by atoms with van der Waals surface area (Å²) in [5.41, 5.74) is 3.15. The molecule has 1 amide bonds. The monoisotopic (exact) mass is 387 g/mol. The molecule has 3 rings (SSSR count). The summed E-state index contributed by atoms with van der Waals surface area (Å²) in [6.07, 6.45) is 0.764. The number of sulfone groups is 1. The lowest BCUT2D eigenvalue weighted by molar-refractivity contribution is -0.133. The highest BCUT2D eigenvalue weighted by molar-refractivity contribution is 7.91. The molecule has 2 aromatic rings. The minimum Gasteiger partial charge on any atom is -0.383 e. The molecule has 0 radical (unpaired) electrons. The minimum atomic E-state index is -3.04. The predicted molar refractivity (Wildman–Crippen MR) is 106 cm³/mol. The Hall–Kier alpha value is -2.18. The van der Waals surface area contributed by atoms with Gasteiger partial charge in [-0.15, -0.1) is 0 Å². The molecule has 5 nitrogen and oxygen atoms in total. The molecule has 2 aromatic carbocycles. The van der Waals surface area contributed by atoms with Crippen molar-refractivity contribution < 1.29 is 17.9 Å². The lowest BCUT2D eigenvalue weighted by atomic mass is 10.0. The molecule has 0 saturated carbocycles.